The van der Waals surface area contributed by atoms with E-state index in [1.54, 1.807) is 0 Å². The first kappa shape index (κ1) is 19.3. The van der Waals surface area contributed by atoms with Crippen molar-refractivity contribution in [3.63, 3.8) is 0 Å². The van der Waals surface area contributed by atoms with Crippen LogP contribution in [0.25, 0.3) is 0 Å². The van der Waals surface area contributed by atoms with E-state index in [1.807, 2.05) is 0 Å². The molecule has 0 fully saturated rings. The second-order valence-corrected chi connectivity index (χ2v) is 8.96. The zero-order valence-corrected chi connectivity index (χ0v) is 13.0. The molecule has 0 unspecified atom stereocenters. The standard InChI is InChI=1S/C10H25NO6P2/c1-2-3-4-5-6-7-8-9-10(11,18(12,13)14)19(15,16)17/h2-9,11H2,1H3,(H2,12,13,14)(H2,15,16,17). The minimum absolute atomic E-state index is 0.291. The first-order valence-corrected chi connectivity index (χ1v) is 9.69. The second-order valence-electron chi connectivity index (χ2n) is 4.84. The van der Waals surface area contributed by atoms with Crippen molar-refractivity contribution in [2.75, 3.05) is 0 Å². The third-order valence-electron chi connectivity index (χ3n) is 3.16. The summed E-state index contributed by atoms with van der Waals surface area (Å²) in [7, 11) is -10.1. The molecule has 0 aliphatic rings. The number of unbranched alkanes of at least 4 members (excludes halogenated alkanes) is 6. The maximum atomic E-state index is 11.2. The van der Waals surface area contributed by atoms with Crippen molar-refractivity contribution in [2.24, 2.45) is 5.73 Å². The Morgan fingerprint density at radius 1 is 0.842 bits per heavy atom. The van der Waals surface area contributed by atoms with Crippen LogP contribution in [-0.4, -0.2) is 24.6 Å². The molecule has 116 valence electrons. The van der Waals surface area contributed by atoms with Crippen molar-refractivity contribution in [1.29, 1.82) is 0 Å². The minimum Gasteiger partial charge on any atom is -0.323 e. The van der Waals surface area contributed by atoms with E-state index in [1.165, 1.54) is 0 Å². The summed E-state index contributed by atoms with van der Waals surface area (Å²) in [6.45, 7) is 2.10. The van der Waals surface area contributed by atoms with Gasteiger partial charge in [-0.1, -0.05) is 51.9 Å². The van der Waals surface area contributed by atoms with E-state index in [4.69, 9.17) is 25.3 Å². The molecular formula is C10H25NO6P2. The molecule has 9 heteroatoms. The van der Waals surface area contributed by atoms with Gasteiger partial charge in [-0.15, -0.1) is 0 Å². The summed E-state index contributed by atoms with van der Waals surface area (Å²) in [5.41, 5.74) is 5.29. The van der Waals surface area contributed by atoms with Crippen LogP contribution in [0.2, 0.25) is 0 Å². The lowest BCUT2D eigenvalue weighted by atomic mass is 10.1. The van der Waals surface area contributed by atoms with Gasteiger partial charge in [0.1, 0.15) is 0 Å². The van der Waals surface area contributed by atoms with E-state index in [2.05, 4.69) is 6.92 Å². The molecule has 0 aliphatic carbocycles. The van der Waals surface area contributed by atoms with E-state index in [0.29, 0.717) is 12.8 Å². The summed E-state index contributed by atoms with van der Waals surface area (Å²) in [6.07, 6.45) is 5.82. The molecule has 7 nitrogen and oxygen atoms in total. The van der Waals surface area contributed by atoms with Crippen molar-refractivity contribution >= 4 is 15.2 Å². The van der Waals surface area contributed by atoms with Gasteiger partial charge in [-0.25, -0.2) is 0 Å². The summed E-state index contributed by atoms with van der Waals surface area (Å²) in [5, 5.41) is -2.75. The molecule has 0 rings (SSSR count). The average molecular weight is 317 g/mol. The van der Waals surface area contributed by atoms with Gasteiger partial charge in [0.15, 0.2) is 0 Å². The third kappa shape index (κ3) is 6.05. The highest BCUT2D eigenvalue weighted by molar-refractivity contribution is 7.72. The van der Waals surface area contributed by atoms with Gasteiger partial charge in [-0.3, -0.25) is 9.13 Å². The second kappa shape index (κ2) is 7.89. The fraction of sp³-hybridized carbons (Fsp3) is 1.00. The maximum Gasteiger partial charge on any atom is 0.357 e. The van der Waals surface area contributed by atoms with Gasteiger partial charge in [0, 0.05) is 0 Å². The quantitative estimate of drug-likeness (QED) is 0.307. The third-order valence-corrected chi connectivity index (χ3v) is 7.19. The molecule has 0 saturated heterocycles. The lowest BCUT2D eigenvalue weighted by Crippen LogP contribution is -2.39. The van der Waals surface area contributed by atoms with Gasteiger partial charge in [0.05, 0.1) is 0 Å². The number of rotatable bonds is 10. The van der Waals surface area contributed by atoms with Gasteiger partial charge in [0.2, 0.25) is 5.02 Å². The van der Waals surface area contributed by atoms with Crippen LogP contribution in [0.3, 0.4) is 0 Å². The molecule has 0 saturated carbocycles. The Balaban J connectivity index is 4.26. The summed E-state index contributed by atoms with van der Waals surface area (Å²) in [6, 6.07) is 0. The van der Waals surface area contributed by atoms with E-state index in [-0.39, 0.29) is 6.42 Å². The Bertz CT molecular complexity index is 328. The fourth-order valence-corrected chi connectivity index (χ4v) is 4.06. The molecule has 0 spiro atoms. The van der Waals surface area contributed by atoms with Gasteiger partial charge in [-0.2, -0.15) is 0 Å². The van der Waals surface area contributed by atoms with Gasteiger partial charge in [-0.05, 0) is 6.42 Å². The molecule has 0 aromatic carbocycles. The Morgan fingerprint density at radius 2 is 1.21 bits per heavy atom. The molecule has 0 amide bonds. The largest absolute Gasteiger partial charge is 0.357 e. The van der Waals surface area contributed by atoms with Crippen LogP contribution >= 0.6 is 15.2 Å². The molecule has 0 heterocycles. The summed E-state index contributed by atoms with van der Waals surface area (Å²) < 4.78 is 22.4. The summed E-state index contributed by atoms with van der Waals surface area (Å²) in [5.74, 6) is 0. The van der Waals surface area contributed by atoms with Crippen LogP contribution in [0.1, 0.15) is 58.3 Å². The first-order chi connectivity index (χ1) is 8.56. The monoisotopic (exact) mass is 317 g/mol. The molecule has 0 atom stereocenters. The van der Waals surface area contributed by atoms with Crippen LogP contribution in [0.5, 0.6) is 0 Å². The van der Waals surface area contributed by atoms with E-state index < -0.39 is 20.2 Å². The number of nitrogens with two attached hydrogens (primary N) is 1. The predicted molar refractivity (Wildman–Crippen MR) is 73.6 cm³/mol. The van der Waals surface area contributed by atoms with Gasteiger partial charge in [0.25, 0.3) is 0 Å². The Labute approximate surface area is 113 Å². The highest BCUT2D eigenvalue weighted by Gasteiger charge is 2.56. The topological polar surface area (TPSA) is 141 Å². The van der Waals surface area contributed by atoms with Crippen molar-refractivity contribution in [1.82, 2.24) is 0 Å². The summed E-state index contributed by atoms with van der Waals surface area (Å²) >= 11 is 0. The van der Waals surface area contributed by atoms with Crippen molar-refractivity contribution in [3.8, 4) is 0 Å². The Morgan fingerprint density at radius 3 is 1.58 bits per heavy atom. The summed E-state index contributed by atoms with van der Waals surface area (Å²) in [4.78, 5) is 36.2. The molecule has 0 bridgehead atoms. The van der Waals surface area contributed by atoms with Gasteiger partial charge >= 0.3 is 15.2 Å². The zero-order valence-electron chi connectivity index (χ0n) is 11.2. The highest BCUT2D eigenvalue weighted by atomic mass is 31.2. The molecule has 6 N–H and O–H groups in total. The van der Waals surface area contributed by atoms with E-state index in [0.717, 1.165) is 32.1 Å². The maximum absolute atomic E-state index is 11.2. The molecule has 0 aromatic rings. The Kier molecular flexibility index (Phi) is 8.00. The normalized spacial score (nSPS) is 13.8. The van der Waals surface area contributed by atoms with Crippen LogP contribution < -0.4 is 5.73 Å². The van der Waals surface area contributed by atoms with Crippen LogP contribution in [0, 0.1) is 0 Å². The van der Waals surface area contributed by atoms with E-state index in [9.17, 15) is 9.13 Å². The van der Waals surface area contributed by atoms with Gasteiger partial charge < -0.3 is 25.3 Å². The number of hydrogen-bond donors (Lipinski definition) is 5. The van der Waals surface area contributed by atoms with Crippen molar-refractivity contribution < 1.29 is 28.7 Å². The highest BCUT2D eigenvalue weighted by Crippen LogP contribution is 2.67. The SMILES string of the molecule is CCCCCCCCCC(N)(P(=O)(O)O)P(=O)(O)O. The predicted octanol–water partition coefficient (Wildman–Crippen LogP) is 2.10. The molecule has 0 aromatic heterocycles. The van der Waals surface area contributed by atoms with Crippen LogP contribution in [-0.2, 0) is 9.13 Å². The lowest BCUT2D eigenvalue weighted by Gasteiger charge is -2.30. The zero-order chi connectivity index (χ0) is 15.2. The number of hydrogen-bond acceptors (Lipinski definition) is 3. The fourth-order valence-electron chi connectivity index (χ4n) is 1.80. The van der Waals surface area contributed by atoms with E-state index >= 15 is 0 Å². The molecule has 0 radical (unpaired) electrons. The van der Waals surface area contributed by atoms with Crippen molar-refractivity contribution in [3.05, 3.63) is 0 Å². The molecular weight excluding hydrogens is 292 g/mol. The van der Waals surface area contributed by atoms with Crippen LogP contribution in [0.4, 0.5) is 0 Å². The van der Waals surface area contributed by atoms with Crippen LogP contribution in [0.15, 0.2) is 0 Å². The van der Waals surface area contributed by atoms with Crippen molar-refractivity contribution in [2.45, 2.75) is 63.3 Å². The lowest BCUT2D eigenvalue weighted by molar-refractivity contribution is 0.300. The minimum atomic E-state index is -5.06. The molecule has 0 aliphatic heterocycles. The Hall–Kier alpha value is 0.260. The average Bonchev–Trinajstić information content (AvgIpc) is 2.24. The molecule has 19 heavy (non-hydrogen) atoms. The smallest absolute Gasteiger partial charge is 0.323 e. The first-order valence-electron chi connectivity index (χ1n) is 6.46.